The molecule has 0 radical (unpaired) electrons. The van der Waals surface area contributed by atoms with Gasteiger partial charge in [0, 0.05) is 5.30 Å². The lowest BCUT2D eigenvalue weighted by molar-refractivity contribution is 0.588. The standard InChI is InChI=1S/C34H29OP/c1-36(2,35)28-14-10-13-27(23-28)24-19-21-26(22-20-24)34-31-17-8-6-15-29(31)33(25-11-4-3-5-12-25)30-16-7-9-18-32(30)34/h4,6-23H,3,5H2,1-2H3. The first-order chi connectivity index (χ1) is 17.5. The van der Waals surface area contributed by atoms with Crippen molar-refractivity contribution in [2.24, 2.45) is 0 Å². The maximum Gasteiger partial charge on any atom is 0.109 e. The molecule has 0 atom stereocenters. The highest BCUT2D eigenvalue weighted by molar-refractivity contribution is 7.70. The van der Waals surface area contributed by atoms with Crippen molar-refractivity contribution in [3.63, 3.8) is 0 Å². The molecule has 1 aliphatic carbocycles. The second-order valence-electron chi connectivity index (χ2n) is 9.96. The minimum Gasteiger partial charge on any atom is -0.319 e. The van der Waals surface area contributed by atoms with Crippen LogP contribution in [0.1, 0.15) is 18.4 Å². The van der Waals surface area contributed by atoms with Crippen molar-refractivity contribution >= 4 is 39.6 Å². The Balaban J connectivity index is 1.55. The Morgan fingerprint density at radius 2 is 1.17 bits per heavy atom. The number of hydrogen-bond acceptors (Lipinski definition) is 1. The van der Waals surface area contributed by atoms with Crippen molar-refractivity contribution in [1.82, 2.24) is 0 Å². The number of benzene rings is 5. The van der Waals surface area contributed by atoms with E-state index >= 15 is 0 Å². The summed E-state index contributed by atoms with van der Waals surface area (Å²) >= 11 is 0. The summed E-state index contributed by atoms with van der Waals surface area (Å²) < 4.78 is 12.6. The van der Waals surface area contributed by atoms with Crippen molar-refractivity contribution in [3.8, 4) is 22.3 Å². The molecule has 6 rings (SSSR count). The third kappa shape index (κ3) is 4.04. The predicted octanol–water partition coefficient (Wildman–Crippen LogP) is 9.31. The van der Waals surface area contributed by atoms with Crippen molar-refractivity contribution in [2.75, 3.05) is 13.3 Å². The molecular formula is C34H29OP. The van der Waals surface area contributed by atoms with E-state index in [2.05, 4.69) is 103 Å². The first-order valence-corrected chi connectivity index (χ1v) is 15.2. The molecule has 1 nitrogen and oxygen atoms in total. The summed E-state index contributed by atoms with van der Waals surface area (Å²) in [7, 11) is -2.30. The summed E-state index contributed by atoms with van der Waals surface area (Å²) in [6.45, 7) is 3.66. The minimum atomic E-state index is -2.30. The second kappa shape index (κ2) is 9.08. The van der Waals surface area contributed by atoms with Crippen LogP contribution in [0, 0.1) is 0 Å². The number of hydrogen-bond donors (Lipinski definition) is 0. The third-order valence-electron chi connectivity index (χ3n) is 7.19. The lowest BCUT2D eigenvalue weighted by Crippen LogP contribution is -2.02. The first kappa shape index (κ1) is 22.8. The number of fused-ring (bicyclic) bond motifs is 2. The van der Waals surface area contributed by atoms with Crippen LogP contribution < -0.4 is 5.30 Å². The van der Waals surface area contributed by atoms with Crippen LogP contribution in [0.25, 0.3) is 49.4 Å². The molecule has 0 spiro atoms. The van der Waals surface area contributed by atoms with E-state index in [4.69, 9.17) is 0 Å². The van der Waals surface area contributed by atoms with Gasteiger partial charge in [-0.25, -0.2) is 0 Å². The van der Waals surface area contributed by atoms with Crippen molar-refractivity contribution in [1.29, 1.82) is 0 Å². The molecule has 0 unspecified atom stereocenters. The van der Waals surface area contributed by atoms with Crippen molar-refractivity contribution in [2.45, 2.75) is 12.8 Å². The van der Waals surface area contributed by atoms with Crippen LogP contribution in [0.3, 0.4) is 0 Å². The third-order valence-corrected chi connectivity index (χ3v) is 8.71. The molecule has 0 saturated carbocycles. The van der Waals surface area contributed by atoms with E-state index in [0.29, 0.717) is 0 Å². The summed E-state index contributed by atoms with van der Waals surface area (Å²) in [5, 5.41) is 6.06. The Kier molecular flexibility index (Phi) is 5.75. The molecule has 0 heterocycles. The Hall–Kier alpha value is -3.67. The summed E-state index contributed by atoms with van der Waals surface area (Å²) in [4.78, 5) is 0. The van der Waals surface area contributed by atoms with Gasteiger partial charge in [-0.1, -0.05) is 109 Å². The van der Waals surface area contributed by atoms with Gasteiger partial charge in [0.1, 0.15) is 7.14 Å². The monoisotopic (exact) mass is 484 g/mol. The molecule has 36 heavy (non-hydrogen) atoms. The Labute approximate surface area is 213 Å². The van der Waals surface area contributed by atoms with E-state index in [1.165, 1.54) is 43.8 Å². The van der Waals surface area contributed by atoms with Crippen LogP contribution in [-0.2, 0) is 4.57 Å². The fourth-order valence-electron chi connectivity index (χ4n) is 5.40. The van der Waals surface area contributed by atoms with Gasteiger partial charge >= 0.3 is 0 Å². The van der Waals surface area contributed by atoms with Gasteiger partial charge in [0.15, 0.2) is 0 Å². The van der Waals surface area contributed by atoms with Crippen LogP contribution in [-0.4, -0.2) is 13.3 Å². The van der Waals surface area contributed by atoms with Gasteiger partial charge in [0.05, 0.1) is 0 Å². The quantitative estimate of drug-likeness (QED) is 0.183. The van der Waals surface area contributed by atoms with Gasteiger partial charge in [0.2, 0.25) is 0 Å². The van der Waals surface area contributed by atoms with Gasteiger partial charge in [0.25, 0.3) is 0 Å². The highest BCUT2D eigenvalue weighted by atomic mass is 31.2. The molecule has 0 aromatic heterocycles. The Morgan fingerprint density at radius 1 is 0.583 bits per heavy atom. The molecule has 0 fully saturated rings. The lowest BCUT2D eigenvalue weighted by Gasteiger charge is -2.19. The zero-order chi connectivity index (χ0) is 24.7. The SMILES string of the molecule is CP(C)(=O)c1cccc(-c2ccc(-c3c4ccccc4c(C4=CCCC=C4)c4ccccc34)cc2)c1. The number of rotatable bonds is 4. The summed E-state index contributed by atoms with van der Waals surface area (Å²) in [6.07, 6.45) is 9.15. The molecular weight excluding hydrogens is 455 g/mol. The molecule has 0 aliphatic heterocycles. The van der Waals surface area contributed by atoms with Crippen LogP contribution in [0.5, 0.6) is 0 Å². The molecule has 176 valence electrons. The molecule has 2 heteroatoms. The van der Waals surface area contributed by atoms with E-state index in [0.717, 1.165) is 29.3 Å². The van der Waals surface area contributed by atoms with E-state index in [1.807, 2.05) is 25.5 Å². The molecule has 0 saturated heterocycles. The average Bonchev–Trinajstić information content (AvgIpc) is 2.92. The van der Waals surface area contributed by atoms with Crippen LogP contribution in [0.15, 0.2) is 115 Å². The van der Waals surface area contributed by atoms with Gasteiger partial charge in [-0.2, -0.15) is 0 Å². The zero-order valence-corrected chi connectivity index (χ0v) is 21.6. The summed E-state index contributed by atoms with van der Waals surface area (Å²) in [6, 6.07) is 34.6. The minimum absolute atomic E-state index is 0.919. The van der Waals surface area contributed by atoms with Crippen molar-refractivity contribution < 1.29 is 4.57 Å². The highest BCUT2D eigenvalue weighted by Gasteiger charge is 2.17. The molecule has 0 N–H and O–H groups in total. The largest absolute Gasteiger partial charge is 0.319 e. The van der Waals surface area contributed by atoms with Crippen molar-refractivity contribution in [3.05, 3.63) is 121 Å². The summed E-state index contributed by atoms with van der Waals surface area (Å²) in [5.74, 6) is 0. The van der Waals surface area contributed by atoms with Crippen LogP contribution >= 0.6 is 7.14 Å². The number of allylic oxidation sites excluding steroid dienone is 4. The Bertz CT molecular complexity index is 1660. The molecule has 0 amide bonds. The van der Waals surface area contributed by atoms with Crippen LogP contribution in [0.2, 0.25) is 0 Å². The van der Waals surface area contributed by atoms with Gasteiger partial charge in [-0.05, 0) is 87.2 Å². The maximum atomic E-state index is 12.6. The second-order valence-corrected chi connectivity index (χ2v) is 13.2. The molecule has 5 aromatic carbocycles. The van der Waals surface area contributed by atoms with Gasteiger partial charge in [-0.15, -0.1) is 0 Å². The summed E-state index contributed by atoms with van der Waals surface area (Å²) in [5.41, 5.74) is 7.37. The lowest BCUT2D eigenvalue weighted by atomic mass is 9.84. The van der Waals surface area contributed by atoms with E-state index in [9.17, 15) is 4.57 Å². The smallest absolute Gasteiger partial charge is 0.109 e. The highest BCUT2D eigenvalue weighted by Crippen LogP contribution is 2.43. The average molecular weight is 485 g/mol. The van der Waals surface area contributed by atoms with E-state index in [-0.39, 0.29) is 0 Å². The first-order valence-electron chi connectivity index (χ1n) is 12.6. The zero-order valence-electron chi connectivity index (χ0n) is 20.7. The Morgan fingerprint density at radius 3 is 1.72 bits per heavy atom. The molecule has 1 aliphatic rings. The topological polar surface area (TPSA) is 17.1 Å². The molecule has 5 aromatic rings. The normalized spacial score (nSPS) is 13.8. The van der Waals surface area contributed by atoms with Crippen LogP contribution in [0.4, 0.5) is 0 Å². The molecule has 0 bridgehead atoms. The van der Waals surface area contributed by atoms with Gasteiger partial charge < -0.3 is 4.57 Å². The van der Waals surface area contributed by atoms with E-state index < -0.39 is 7.14 Å². The maximum absolute atomic E-state index is 12.6. The van der Waals surface area contributed by atoms with Gasteiger partial charge in [-0.3, -0.25) is 0 Å². The fraction of sp³-hybridized carbons (Fsp3) is 0.118. The fourth-order valence-corrected chi connectivity index (χ4v) is 6.29. The van der Waals surface area contributed by atoms with E-state index in [1.54, 1.807) is 0 Å². The predicted molar refractivity (Wildman–Crippen MR) is 158 cm³/mol.